The number of nitrogens with zero attached hydrogens (tertiary/aromatic N) is 1. The number of benzene rings is 3. The van der Waals surface area contributed by atoms with Crippen molar-refractivity contribution in [2.45, 2.75) is 31.2 Å². The summed E-state index contributed by atoms with van der Waals surface area (Å²) < 4.78 is 0. The molecule has 3 aromatic rings. The fraction of sp³-hybridized carbons (Fsp3) is 0.241. The predicted molar refractivity (Wildman–Crippen MR) is 129 cm³/mol. The van der Waals surface area contributed by atoms with Crippen LogP contribution in [0.5, 0.6) is 0 Å². The Balaban J connectivity index is 1.80. The summed E-state index contributed by atoms with van der Waals surface area (Å²) in [6.45, 7) is 5.96. The standard InChI is InChI=1S/C29H29NO2/c1-22(28(31)24-16-8-3-9-17-24)26(23-14-6-2-7-15-23)27(30-20-12-5-13-21-30)29(32)25-18-10-4-11-19-25/h2-4,6-11,14-19,26-27H,1,5,12-13,20-21H2. The van der Waals surface area contributed by atoms with E-state index in [4.69, 9.17) is 0 Å². The summed E-state index contributed by atoms with van der Waals surface area (Å²) in [4.78, 5) is 29.7. The van der Waals surface area contributed by atoms with Gasteiger partial charge in [-0.15, -0.1) is 0 Å². The molecule has 0 spiro atoms. The number of carbonyl (C=O) groups excluding carboxylic acids is 2. The van der Waals surface area contributed by atoms with E-state index in [0.29, 0.717) is 16.7 Å². The summed E-state index contributed by atoms with van der Waals surface area (Å²) in [5.41, 5.74) is 2.68. The highest BCUT2D eigenvalue weighted by Gasteiger charge is 2.39. The van der Waals surface area contributed by atoms with Crippen LogP contribution in [0.1, 0.15) is 51.5 Å². The molecule has 1 aliphatic rings. The smallest absolute Gasteiger partial charge is 0.189 e. The van der Waals surface area contributed by atoms with E-state index in [1.165, 1.54) is 6.42 Å². The van der Waals surface area contributed by atoms with E-state index in [1.54, 1.807) is 0 Å². The zero-order chi connectivity index (χ0) is 22.3. The summed E-state index contributed by atoms with van der Waals surface area (Å²) in [7, 11) is 0. The number of rotatable bonds is 8. The van der Waals surface area contributed by atoms with E-state index in [1.807, 2.05) is 91.0 Å². The second-order valence-electron chi connectivity index (χ2n) is 8.38. The van der Waals surface area contributed by atoms with Crippen LogP contribution in [0, 0.1) is 0 Å². The fourth-order valence-corrected chi connectivity index (χ4v) is 4.65. The Morgan fingerprint density at radius 2 is 1.19 bits per heavy atom. The van der Waals surface area contributed by atoms with Gasteiger partial charge in [0, 0.05) is 22.6 Å². The van der Waals surface area contributed by atoms with Crippen LogP contribution in [-0.2, 0) is 0 Å². The van der Waals surface area contributed by atoms with Gasteiger partial charge in [-0.05, 0) is 31.5 Å². The first-order chi connectivity index (χ1) is 15.7. The molecule has 0 bridgehead atoms. The molecule has 1 fully saturated rings. The molecule has 0 aromatic heterocycles. The van der Waals surface area contributed by atoms with Crippen LogP contribution in [0.3, 0.4) is 0 Å². The SMILES string of the molecule is C=C(C(=O)c1ccccc1)C(c1ccccc1)C(C(=O)c1ccccc1)N1CCCCC1. The quantitative estimate of drug-likeness (QED) is 0.332. The van der Waals surface area contributed by atoms with E-state index >= 15 is 0 Å². The van der Waals surface area contributed by atoms with Crippen molar-refractivity contribution < 1.29 is 9.59 Å². The first-order valence-corrected chi connectivity index (χ1v) is 11.3. The van der Waals surface area contributed by atoms with Crippen LogP contribution in [0.2, 0.25) is 0 Å². The molecule has 1 heterocycles. The maximum Gasteiger partial charge on any atom is 0.189 e. The number of likely N-dealkylation sites (tertiary alicyclic amines) is 1. The van der Waals surface area contributed by atoms with Crippen LogP contribution >= 0.6 is 0 Å². The van der Waals surface area contributed by atoms with Crippen LogP contribution in [0.25, 0.3) is 0 Å². The summed E-state index contributed by atoms with van der Waals surface area (Å²) in [5.74, 6) is -0.486. The largest absolute Gasteiger partial charge is 0.292 e. The van der Waals surface area contributed by atoms with Crippen LogP contribution in [0.4, 0.5) is 0 Å². The maximum atomic E-state index is 13.9. The van der Waals surface area contributed by atoms with Crippen molar-refractivity contribution in [1.82, 2.24) is 4.90 Å². The van der Waals surface area contributed by atoms with Gasteiger partial charge in [0.2, 0.25) is 0 Å². The molecule has 2 atom stereocenters. The van der Waals surface area contributed by atoms with Crippen molar-refractivity contribution in [2.24, 2.45) is 0 Å². The molecule has 162 valence electrons. The zero-order valence-corrected chi connectivity index (χ0v) is 18.3. The fourth-order valence-electron chi connectivity index (χ4n) is 4.65. The number of piperidine rings is 1. The molecular weight excluding hydrogens is 394 g/mol. The molecule has 0 radical (unpaired) electrons. The Morgan fingerprint density at radius 1 is 0.688 bits per heavy atom. The molecule has 2 unspecified atom stereocenters. The first-order valence-electron chi connectivity index (χ1n) is 11.3. The molecular formula is C29H29NO2. The molecule has 3 heteroatoms. The van der Waals surface area contributed by atoms with Crippen LogP contribution < -0.4 is 0 Å². The maximum absolute atomic E-state index is 13.9. The molecule has 3 aromatic carbocycles. The van der Waals surface area contributed by atoms with Gasteiger partial charge >= 0.3 is 0 Å². The van der Waals surface area contributed by atoms with E-state index in [0.717, 1.165) is 31.5 Å². The molecule has 1 aliphatic heterocycles. The summed E-state index contributed by atoms with van der Waals surface area (Å²) >= 11 is 0. The van der Waals surface area contributed by atoms with E-state index in [-0.39, 0.29) is 11.6 Å². The van der Waals surface area contributed by atoms with Crippen LogP contribution in [-0.4, -0.2) is 35.6 Å². The van der Waals surface area contributed by atoms with Gasteiger partial charge in [-0.1, -0.05) is 104 Å². The third-order valence-corrected chi connectivity index (χ3v) is 6.29. The lowest BCUT2D eigenvalue weighted by molar-refractivity contribution is 0.0748. The van der Waals surface area contributed by atoms with E-state index < -0.39 is 12.0 Å². The minimum atomic E-state index is -0.472. The highest BCUT2D eigenvalue weighted by atomic mass is 16.1. The summed E-state index contributed by atoms with van der Waals surface area (Å²) in [5, 5.41) is 0. The highest BCUT2D eigenvalue weighted by molar-refractivity contribution is 6.11. The molecule has 32 heavy (non-hydrogen) atoms. The van der Waals surface area contributed by atoms with Crippen molar-refractivity contribution >= 4 is 11.6 Å². The van der Waals surface area contributed by atoms with Crippen molar-refractivity contribution in [3.8, 4) is 0 Å². The van der Waals surface area contributed by atoms with Crippen molar-refractivity contribution in [1.29, 1.82) is 0 Å². The monoisotopic (exact) mass is 423 g/mol. The van der Waals surface area contributed by atoms with E-state index in [9.17, 15) is 9.59 Å². The van der Waals surface area contributed by atoms with Gasteiger partial charge in [0.15, 0.2) is 11.6 Å². The third-order valence-electron chi connectivity index (χ3n) is 6.29. The molecule has 1 saturated heterocycles. The lowest BCUT2D eigenvalue weighted by Crippen LogP contribution is -2.48. The average Bonchev–Trinajstić information content (AvgIpc) is 2.88. The second kappa shape index (κ2) is 10.3. The topological polar surface area (TPSA) is 37.4 Å². The van der Waals surface area contributed by atoms with Gasteiger partial charge in [-0.3, -0.25) is 14.5 Å². The van der Waals surface area contributed by atoms with Gasteiger partial charge in [0.25, 0.3) is 0 Å². The van der Waals surface area contributed by atoms with Gasteiger partial charge in [-0.2, -0.15) is 0 Å². The Labute approximate surface area is 190 Å². The summed E-state index contributed by atoms with van der Waals surface area (Å²) in [6, 6.07) is 28.1. The second-order valence-corrected chi connectivity index (χ2v) is 8.38. The lowest BCUT2D eigenvalue weighted by atomic mass is 9.78. The van der Waals surface area contributed by atoms with Crippen molar-refractivity contribution in [3.05, 3.63) is 120 Å². The van der Waals surface area contributed by atoms with Gasteiger partial charge in [0.05, 0.1) is 6.04 Å². The molecule has 0 saturated carbocycles. The predicted octanol–water partition coefficient (Wildman–Crippen LogP) is 5.95. The van der Waals surface area contributed by atoms with Crippen molar-refractivity contribution in [2.75, 3.05) is 13.1 Å². The number of carbonyl (C=O) groups is 2. The Morgan fingerprint density at radius 3 is 1.75 bits per heavy atom. The Bertz CT molecular complexity index is 1050. The minimum absolute atomic E-state index is 0.0448. The number of Topliss-reactive ketones (excluding diaryl/α,β-unsaturated/α-hetero) is 2. The number of ketones is 2. The number of hydrogen-bond donors (Lipinski definition) is 0. The van der Waals surface area contributed by atoms with Crippen molar-refractivity contribution in [3.63, 3.8) is 0 Å². The Hall–Kier alpha value is -3.30. The minimum Gasteiger partial charge on any atom is -0.292 e. The number of hydrogen-bond acceptors (Lipinski definition) is 3. The normalized spacial score (nSPS) is 16.1. The lowest BCUT2D eigenvalue weighted by Gasteiger charge is -2.39. The van der Waals surface area contributed by atoms with E-state index in [2.05, 4.69) is 11.5 Å². The molecule has 0 aliphatic carbocycles. The molecule has 0 N–H and O–H groups in total. The van der Waals surface area contributed by atoms with Gasteiger partial charge in [0.1, 0.15) is 0 Å². The van der Waals surface area contributed by atoms with Gasteiger partial charge in [-0.25, -0.2) is 0 Å². The molecule has 0 amide bonds. The zero-order valence-electron chi connectivity index (χ0n) is 18.3. The first kappa shape index (κ1) is 21.9. The average molecular weight is 424 g/mol. The molecule has 3 nitrogen and oxygen atoms in total. The molecule has 4 rings (SSSR count). The van der Waals surface area contributed by atoms with Gasteiger partial charge < -0.3 is 0 Å². The summed E-state index contributed by atoms with van der Waals surface area (Å²) in [6.07, 6.45) is 3.28. The van der Waals surface area contributed by atoms with Crippen LogP contribution in [0.15, 0.2) is 103 Å². The Kier molecular flexibility index (Phi) is 7.08. The third kappa shape index (κ3) is 4.79. The highest BCUT2D eigenvalue weighted by Crippen LogP contribution is 2.35.